The van der Waals surface area contributed by atoms with Gasteiger partial charge in [0.1, 0.15) is 0 Å². The van der Waals surface area contributed by atoms with Crippen LogP contribution in [0.4, 0.5) is 18.9 Å². The smallest absolute Gasteiger partial charge is 0.383 e. The van der Waals surface area contributed by atoms with Gasteiger partial charge in [0, 0.05) is 23.3 Å². The highest BCUT2D eigenvalue weighted by Gasteiger charge is 2.33. The maximum absolute atomic E-state index is 12.6. The van der Waals surface area contributed by atoms with Crippen molar-refractivity contribution in [1.29, 1.82) is 0 Å². The molecule has 6 heteroatoms. The summed E-state index contributed by atoms with van der Waals surface area (Å²) < 4.78 is 43.2. The van der Waals surface area contributed by atoms with E-state index < -0.39 is 11.7 Å². The molecule has 0 amide bonds. The first-order valence-electron chi connectivity index (χ1n) is 5.63. The van der Waals surface area contributed by atoms with Gasteiger partial charge >= 0.3 is 6.18 Å². The summed E-state index contributed by atoms with van der Waals surface area (Å²) in [6, 6.07) is 4.07. The lowest BCUT2D eigenvalue weighted by molar-refractivity contribution is -0.138. The van der Waals surface area contributed by atoms with E-state index in [1.165, 1.54) is 6.07 Å². The van der Waals surface area contributed by atoms with Crippen LogP contribution < -0.4 is 5.32 Å². The molecule has 0 radical (unpaired) electrons. The second-order valence-corrected chi connectivity index (χ2v) is 4.59. The summed E-state index contributed by atoms with van der Waals surface area (Å²) in [7, 11) is 0. The maximum Gasteiger partial charge on any atom is 0.417 e. The van der Waals surface area contributed by atoms with E-state index in [0.29, 0.717) is 25.4 Å². The van der Waals surface area contributed by atoms with E-state index in [2.05, 4.69) is 21.2 Å². The van der Waals surface area contributed by atoms with Crippen LogP contribution in [0, 0.1) is 0 Å². The van der Waals surface area contributed by atoms with Gasteiger partial charge < -0.3 is 10.1 Å². The summed E-state index contributed by atoms with van der Waals surface area (Å²) in [5.74, 6) is 0. The Bertz CT molecular complexity index is 382. The van der Waals surface area contributed by atoms with Gasteiger partial charge in [0.2, 0.25) is 0 Å². The van der Waals surface area contributed by atoms with Crippen LogP contribution in [0.15, 0.2) is 22.7 Å². The summed E-state index contributed by atoms with van der Waals surface area (Å²) >= 11 is 2.90. The van der Waals surface area contributed by atoms with Crippen molar-refractivity contribution in [2.75, 3.05) is 25.1 Å². The first kappa shape index (κ1) is 15.3. The lowest BCUT2D eigenvalue weighted by Gasteiger charge is -2.12. The Hall–Kier alpha value is -0.750. The van der Waals surface area contributed by atoms with E-state index in [4.69, 9.17) is 4.74 Å². The standard InChI is InChI=1S/C12H15BrF3NO/c1-2-6-18-7-5-17-9-3-4-11(13)10(8-9)12(14,15)16/h3-4,8,17H,2,5-7H2,1H3. The number of benzene rings is 1. The Balaban J connectivity index is 2.57. The summed E-state index contributed by atoms with van der Waals surface area (Å²) in [5, 5.41) is 2.90. The van der Waals surface area contributed by atoms with Crippen LogP contribution in [-0.2, 0) is 10.9 Å². The van der Waals surface area contributed by atoms with Gasteiger partial charge in [0.05, 0.1) is 12.2 Å². The lowest BCUT2D eigenvalue weighted by Crippen LogP contribution is -2.11. The molecular weight excluding hydrogens is 311 g/mol. The van der Waals surface area contributed by atoms with Gasteiger partial charge in [-0.2, -0.15) is 13.2 Å². The van der Waals surface area contributed by atoms with Crippen molar-refractivity contribution in [3.05, 3.63) is 28.2 Å². The van der Waals surface area contributed by atoms with Crippen molar-refractivity contribution >= 4 is 21.6 Å². The molecule has 0 aromatic heterocycles. The van der Waals surface area contributed by atoms with Crippen LogP contribution in [-0.4, -0.2) is 19.8 Å². The molecule has 0 bridgehead atoms. The van der Waals surface area contributed by atoms with Crippen LogP contribution in [0.3, 0.4) is 0 Å². The van der Waals surface area contributed by atoms with Crippen molar-refractivity contribution < 1.29 is 17.9 Å². The van der Waals surface area contributed by atoms with Crippen LogP contribution in [0.1, 0.15) is 18.9 Å². The van der Waals surface area contributed by atoms with Gasteiger partial charge in [-0.1, -0.05) is 22.9 Å². The van der Waals surface area contributed by atoms with E-state index >= 15 is 0 Å². The number of hydrogen-bond acceptors (Lipinski definition) is 2. The summed E-state index contributed by atoms with van der Waals surface area (Å²) in [4.78, 5) is 0. The van der Waals surface area contributed by atoms with Gasteiger partial charge in [-0.15, -0.1) is 0 Å². The largest absolute Gasteiger partial charge is 0.417 e. The maximum atomic E-state index is 12.6. The van der Waals surface area contributed by atoms with Gasteiger partial charge in [-0.25, -0.2) is 0 Å². The number of nitrogens with one attached hydrogen (secondary N) is 1. The van der Waals surface area contributed by atoms with E-state index in [9.17, 15) is 13.2 Å². The third-order valence-corrected chi connectivity index (χ3v) is 2.89. The number of rotatable bonds is 6. The van der Waals surface area contributed by atoms with E-state index in [1.807, 2.05) is 6.92 Å². The highest BCUT2D eigenvalue weighted by molar-refractivity contribution is 9.10. The third-order valence-electron chi connectivity index (χ3n) is 2.20. The Kier molecular flexibility index (Phi) is 5.95. The number of ether oxygens (including phenoxy) is 1. The molecular formula is C12H15BrF3NO. The zero-order valence-corrected chi connectivity index (χ0v) is 11.6. The second-order valence-electron chi connectivity index (χ2n) is 3.73. The molecule has 2 nitrogen and oxygen atoms in total. The minimum absolute atomic E-state index is 0.0442. The molecule has 0 aliphatic rings. The number of anilines is 1. The molecule has 0 heterocycles. The molecule has 0 fully saturated rings. The minimum Gasteiger partial charge on any atom is -0.383 e. The molecule has 1 N–H and O–H groups in total. The molecule has 0 unspecified atom stereocenters. The Labute approximate surface area is 113 Å². The van der Waals surface area contributed by atoms with Gasteiger partial charge in [0.25, 0.3) is 0 Å². The van der Waals surface area contributed by atoms with Gasteiger partial charge in [-0.05, 0) is 24.6 Å². The van der Waals surface area contributed by atoms with Crippen molar-refractivity contribution in [1.82, 2.24) is 0 Å². The van der Waals surface area contributed by atoms with E-state index in [0.717, 1.165) is 12.5 Å². The quantitative estimate of drug-likeness (QED) is 0.787. The average molecular weight is 326 g/mol. The molecule has 18 heavy (non-hydrogen) atoms. The predicted octanol–water partition coefficient (Wildman–Crippen LogP) is 4.31. The average Bonchev–Trinajstić information content (AvgIpc) is 2.29. The first-order chi connectivity index (χ1) is 8.45. The molecule has 1 rings (SSSR count). The number of halogens is 4. The second kappa shape index (κ2) is 6.99. The molecule has 0 spiro atoms. The van der Waals surface area contributed by atoms with E-state index in [-0.39, 0.29) is 4.47 Å². The Morgan fingerprint density at radius 2 is 2.00 bits per heavy atom. The summed E-state index contributed by atoms with van der Waals surface area (Å²) in [5.41, 5.74) is -0.243. The Morgan fingerprint density at radius 1 is 1.28 bits per heavy atom. The van der Waals surface area contributed by atoms with Crippen LogP contribution in [0.5, 0.6) is 0 Å². The molecule has 1 aromatic carbocycles. The topological polar surface area (TPSA) is 21.3 Å². The van der Waals surface area contributed by atoms with Crippen LogP contribution in [0.2, 0.25) is 0 Å². The fraction of sp³-hybridized carbons (Fsp3) is 0.500. The predicted molar refractivity (Wildman–Crippen MR) is 68.7 cm³/mol. The van der Waals surface area contributed by atoms with E-state index in [1.54, 1.807) is 6.07 Å². The van der Waals surface area contributed by atoms with Crippen molar-refractivity contribution in [3.8, 4) is 0 Å². The lowest BCUT2D eigenvalue weighted by atomic mass is 10.2. The SMILES string of the molecule is CCCOCCNc1ccc(Br)c(C(F)(F)F)c1. The number of hydrogen-bond donors (Lipinski definition) is 1. The fourth-order valence-electron chi connectivity index (χ4n) is 1.37. The van der Waals surface area contributed by atoms with Crippen molar-refractivity contribution in [3.63, 3.8) is 0 Å². The molecule has 0 aliphatic carbocycles. The van der Waals surface area contributed by atoms with Crippen LogP contribution in [0.25, 0.3) is 0 Å². The Morgan fingerprint density at radius 3 is 2.61 bits per heavy atom. The van der Waals surface area contributed by atoms with Crippen molar-refractivity contribution in [2.45, 2.75) is 19.5 Å². The minimum atomic E-state index is -4.35. The highest BCUT2D eigenvalue weighted by atomic mass is 79.9. The number of alkyl halides is 3. The molecule has 0 saturated carbocycles. The summed E-state index contributed by atoms with van der Waals surface area (Å²) in [6.45, 7) is 3.62. The van der Waals surface area contributed by atoms with Gasteiger partial charge in [0.15, 0.2) is 0 Å². The molecule has 1 aromatic rings. The fourth-order valence-corrected chi connectivity index (χ4v) is 1.84. The first-order valence-corrected chi connectivity index (χ1v) is 6.42. The molecule has 102 valence electrons. The normalized spacial score (nSPS) is 11.6. The molecule has 0 saturated heterocycles. The summed E-state index contributed by atoms with van der Waals surface area (Å²) in [6.07, 6.45) is -3.42. The zero-order chi connectivity index (χ0) is 13.6. The van der Waals surface area contributed by atoms with Crippen LogP contribution >= 0.6 is 15.9 Å². The van der Waals surface area contributed by atoms with Gasteiger partial charge in [-0.3, -0.25) is 0 Å². The highest BCUT2D eigenvalue weighted by Crippen LogP contribution is 2.36. The molecule has 0 atom stereocenters. The molecule has 0 aliphatic heterocycles. The third kappa shape index (κ3) is 4.86. The zero-order valence-electron chi connectivity index (χ0n) is 9.98. The monoisotopic (exact) mass is 325 g/mol. The van der Waals surface area contributed by atoms with Crippen molar-refractivity contribution in [2.24, 2.45) is 0 Å².